The van der Waals surface area contributed by atoms with E-state index in [1.165, 1.54) is 5.56 Å². The maximum absolute atomic E-state index is 12.2. The zero-order chi connectivity index (χ0) is 12.4. The van der Waals surface area contributed by atoms with Crippen molar-refractivity contribution < 1.29 is 4.79 Å². The zero-order valence-electron chi connectivity index (χ0n) is 10.8. The molecule has 0 spiro atoms. The normalized spacial score (nSPS) is 13.4. The molecule has 1 aliphatic rings. The number of benzene rings is 1. The summed E-state index contributed by atoms with van der Waals surface area (Å²) < 4.78 is 0. The standard InChI is InChI=1S/C14H20N2O/c1-10(2)9-16(3)14(17)12-5-4-11-6-7-15-13(11)8-12/h4-5,8,10,15H,6-7,9H2,1-3H3. The van der Waals surface area contributed by atoms with Crippen molar-refractivity contribution in [1.82, 2.24) is 4.90 Å². The average Bonchev–Trinajstić information content (AvgIpc) is 2.73. The Hall–Kier alpha value is -1.51. The van der Waals surface area contributed by atoms with Gasteiger partial charge in [-0.15, -0.1) is 0 Å². The summed E-state index contributed by atoms with van der Waals surface area (Å²) in [5.41, 5.74) is 3.21. The van der Waals surface area contributed by atoms with Crippen LogP contribution in [-0.4, -0.2) is 30.9 Å². The highest BCUT2D eigenvalue weighted by molar-refractivity contribution is 5.95. The van der Waals surface area contributed by atoms with E-state index in [2.05, 4.69) is 25.2 Å². The molecule has 17 heavy (non-hydrogen) atoms. The number of carbonyl (C=O) groups excluding carboxylic acids is 1. The SMILES string of the molecule is CC(C)CN(C)C(=O)c1ccc2c(c1)NCC2. The van der Waals surface area contributed by atoms with Gasteiger partial charge in [-0.1, -0.05) is 19.9 Å². The minimum absolute atomic E-state index is 0.107. The van der Waals surface area contributed by atoms with Crippen LogP contribution >= 0.6 is 0 Å². The van der Waals surface area contributed by atoms with Gasteiger partial charge in [0.2, 0.25) is 0 Å². The lowest BCUT2D eigenvalue weighted by atomic mass is 10.1. The van der Waals surface area contributed by atoms with Gasteiger partial charge in [-0.3, -0.25) is 4.79 Å². The molecule has 3 nitrogen and oxygen atoms in total. The van der Waals surface area contributed by atoms with Crippen LogP contribution in [-0.2, 0) is 6.42 Å². The van der Waals surface area contributed by atoms with Gasteiger partial charge in [0.15, 0.2) is 0 Å². The van der Waals surface area contributed by atoms with E-state index in [1.54, 1.807) is 4.90 Å². The lowest BCUT2D eigenvalue weighted by Crippen LogP contribution is -2.30. The average molecular weight is 232 g/mol. The minimum atomic E-state index is 0.107. The second-order valence-electron chi connectivity index (χ2n) is 5.13. The molecule has 1 aromatic rings. The summed E-state index contributed by atoms with van der Waals surface area (Å²) in [6.07, 6.45) is 1.06. The van der Waals surface area contributed by atoms with Crippen LogP contribution in [0.25, 0.3) is 0 Å². The first kappa shape index (κ1) is 12.0. The van der Waals surface area contributed by atoms with E-state index in [0.29, 0.717) is 5.92 Å². The van der Waals surface area contributed by atoms with E-state index in [0.717, 1.165) is 30.8 Å². The summed E-state index contributed by atoms with van der Waals surface area (Å²) in [6.45, 7) is 6.01. The molecule has 0 atom stereocenters. The first-order chi connectivity index (χ1) is 8.08. The van der Waals surface area contributed by atoms with Crippen molar-refractivity contribution in [3.63, 3.8) is 0 Å². The fraction of sp³-hybridized carbons (Fsp3) is 0.500. The second kappa shape index (κ2) is 4.78. The molecule has 0 aliphatic carbocycles. The number of nitrogens with one attached hydrogen (secondary N) is 1. The molecule has 0 saturated carbocycles. The van der Waals surface area contributed by atoms with Crippen molar-refractivity contribution in [2.75, 3.05) is 25.5 Å². The number of hydrogen-bond donors (Lipinski definition) is 1. The first-order valence-electron chi connectivity index (χ1n) is 6.20. The summed E-state index contributed by atoms with van der Waals surface area (Å²) in [5, 5.41) is 3.30. The Labute approximate surface area is 103 Å². The predicted octanol–water partition coefficient (Wildman–Crippen LogP) is 2.38. The first-order valence-corrected chi connectivity index (χ1v) is 6.20. The van der Waals surface area contributed by atoms with Gasteiger partial charge in [-0.2, -0.15) is 0 Å². The van der Waals surface area contributed by atoms with E-state index >= 15 is 0 Å². The molecule has 1 aromatic carbocycles. The molecule has 92 valence electrons. The Morgan fingerprint density at radius 3 is 2.94 bits per heavy atom. The molecule has 3 heteroatoms. The van der Waals surface area contributed by atoms with Gasteiger partial charge >= 0.3 is 0 Å². The number of amides is 1. The third kappa shape index (κ3) is 2.60. The molecule has 1 aliphatic heterocycles. The molecule has 0 saturated heterocycles. The number of hydrogen-bond acceptors (Lipinski definition) is 2. The summed E-state index contributed by atoms with van der Waals surface area (Å²) >= 11 is 0. The Bertz CT molecular complexity index is 426. The van der Waals surface area contributed by atoms with Crippen molar-refractivity contribution in [1.29, 1.82) is 0 Å². The quantitative estimate of drug-likeness (QED) is 0.867. The second-order valence-corrected chi connectivity index (χ2v) is 5.13. The van der Waals surface area contributed by atoms with Crippen molar-refractivity contribution in [3.05, 3.63) is 29.3 Å². The van der Waals surface area contributed by atoms with Crippen LogP contribution in [0.15, 0.2) is 18.2 Å². The lowest BCUT2D eigenvalue weighted by Gasteiger charge is -2.19. The van der Waals surface area contributed by atoms with Crippen molar-refractivity contribution in [2.24, 2.45) is 5.92 Å². The Balaban J connectivity index is 2.14. The molecule has 1 amide bonds. The number of carbonyl (C=O) groups is 1. The third-order valence-corrected chi connectivity index (χ3v) is 3.05. The van der Waals surface area contributed by atoms with Gasteiger partial charge in [-0.25, -0.2) is 0 Å². The molecular formula is C14H20N2O. The highest BCUT2D eigenvalue weighted by Crippen LogP contribution is 2.23. The summed E-state index contributed by atoms with van der Waals surface area (Å²) in [7, 11) is 1.86. The van der Waals surface area contributed by atoms with E-state index < -0.39 is 0 Å². The number of rotatable bonds is 3. The van der Waals surface area contributed by atoms with Crippen LogP contribution in [0, 0.1) is 5.92 Å². The van der Waals surface area contributed by atoms with Crippen molar-refractivity contribution in [3.8, 4) is 0 Å². The summed E-state index contributed by atoms with van der Waals surface area (Å²) in [6, 6.07) is 5.97. The van der Waals surface area contributed by atoms with E-state index in [9.17, 15) is 4.79 Å². The largest absolute Gasteiger partial charge is 0.384 e. The Morgan fingerprint density at radius 2 is 2.24 bits per heavy atom. The zero-order valence-corrected chi connectivity index (χ0v) is 10.8. The van der Waals surface area contributed by atoms with Crippen molar-refractivity contribution in [2.45, 2.75) is 20.3 Å². The van der Waals surface area contributed by atoms with E-state index in [4.69, 9.17) is 0 Å². The van der Waals surface area contributed by atoms with Gasteiger partial charge < -0.3 is 10.2 Å². The van der Waals surface area contributed by atoms with Gasteiger partial charge in [0.1, 0.15) is 0 Å². The molecule has 0 radical (unpaired) electrons. The van der Waals surface area contributed by atoms with Gasteiger partial charge in [0.05, 0.1) is 0 Å². The Morgan fingerprint density at radius 1 is 1.47 bits per heavy atom. The molecule has 0 bridgehead atoms. The number of nitrogens with zero attached hydrogens (tertiary/aromatic N) is 1. The van der Waals surface area contributed by atoms with Crippen molar-refractivity contribution >= 4 is 11.6 Å². The minimum Gasteiger partial charge on any atom is -0.384 e. The van der Waals surface area contributed by atoms with Crippen LogP contribution < -0.4 is 5.32 Å². The van der Waals surface area contributed by atoms with Crippen LogP contribution in [0.4, 0.5) is 5.69 Å². The Kier molecular flexibility index (Phi) is 3.36. The van der Waals surface area contributed by atoms with E-state index in [-0.39, 0.29) is 5.91 Å². The molecule has 1 N–H and O–H groups in total. The molecular weight excluding hydrogens is 212 g/mol. The monoisotopic (exact) mass is 232 g/mol. The fourth-order valence-electron chi connectivity index (χ4n) is 2.27. The topological polar surface area (TPSA) is 32.3 Å². The fourth-order valence-corrected chi connectivity index (χ4v) is 2.27. The smallest absolute Gasteiger partial charge is 0.253 e. The van der Waals surface area contributed by atoms with Gasteiger partial charge in [-0.05, 0) is 30.0 Å². The van der Waals surface area contributed by atoms with Crippen LogP contribution in [0.2, 0.25) is 0 Å². The van der Waals surface area contributed by atoms with E-state index in [1.807, 2.05) is 19.2 Å². The van der Waals surface area contributed by atoms with Crippen LogP contribution in [0.5, 0.6) is 0 Å². The molecule has 1 heterocycles. The third-order valence-electron chi connectivity index (χ3n) is 3.05. The number of anilines is 1. The molecule has 0 fully saturated rings. The molecule has 2 rings (SSSR count). The predicted molar refractivity (Wildman–Crippen MR) is 70.4 cm³/mol. The summed E-state index contributed by atoms with van der Waals surface area (Å²) in [5.74, 6) is 0.603. The highest BCUT2D eigenvalue weighted by Gasteiger charge is 2.16. The van der Waals surface area contributed by atoms with Gasteiger partial charge in [0.25, 0.3) is 5.91 Å². The highest BCUT2D eigenvalue weighted by atomic mass is 16.2. The lowest BCUT2D eigenvalue weighted by molar-refractivity contribution is 0.0779. The van der Waals surface area contributed by atoms with Crippen LogP contribution in [0.3, 0.4) is 0 Å². The maximum Gasteiger partial charge on any atom is 0.253 e. The van der Waals surface area contributed by atoms with Crippen LogP contribution in [0.1, 0.15) is 29.8 Å². The summed E-state index contributed by atoms with van der Waals surface area (Å²) in [4.78, 5) is 14.0. The van der Waals surface area contributed by atoms with Gasteiger partial charge in [0, 0.05) is 31.4 Å². The maximum atomic E-state index is 12.2. The molecule has 0 aromatic heterocycles. The molecule has 0 unspecified atom stereocenters. The number of fused-ring (bicyclic) bond motifs is 1.